The molecule has 0 aliphatic heterocycles. The van der Waals surface area contributed by atoms with Crippen LogP contribution in [0, 0.1) is 0 Å². The Morgan fingerprint density at radius 1 is 1.11 bits per heavy atom. The second kappa shape index (κ2) is 5.38. The molecule has 3 nitrogen and oxygen atoms in total. The third kappa shape index (κ3) is 2.63. The topological polar surface area (TPSA) is 47.3 Å². The molecule has 0 saturated heterocycles. The Kier molecular flexibility index (Phi) is 3.84. The number of para-hydroxylation sites is 1. The Morgan fingerprint density at radius 2 is 1.89 bits per heavy atom. The van der Waals surface area contributed by atoms with Gasteiger partial charge in [-0.2, -0.15) is 0 Å². The SMILES string of the molecule is COc1ccc(Nc2cccc(Cl)c2N)cc1Cl. The van der Waals surface area contributed by atoms with Crippen LogP contribution in [0.15, 0.2) is 36.4 Å². The standard InChI is InChI=1S/C13H12Cl2N2O/c1-18-12-6-5-8(7-10(12)15)17-11-4-2-3-9(14)13(11)16/h2-7,17H,16H2,1H3. The Bertz CT molecular complexity index is 573. The lowest BCUT2D eigenvalue weighted by molar-refractivity contribution is 0.415. The Balaban J connectivity index is 2.29. The number of nitrogens with two attached hydrogens (primary N) is 1. The number of hydrogen-bond acceptors (Lipinski definition) is 3. The molecule has 0 aliphatic carbocycles. The maximum atomic E-state index is 6.04. The highest BCUT2D eigenvalue weighted by Gasteiger charge is 2.05. The molecule has 0 heterocycles. The first-order chi connectivity index (χ1) is 8.61. The van der Waals surface area contributed by atoms with Crippen LogP contribution in [0.2, 0.25) is 10.0 Å². The molecule has 0 aromatic heterocycles. The van der Waals surface area contributed by atoms with Gasteiger partial charge in [0.2, 0.25) is 0 Å². The van der Waals surface area contributed by atoms with Crippen molar-refractivity contribution in [3.8, 4) is 5.75 Å². The molecule has 0 unspecified atom stereocenters. The minimum Gasteiger partial charge on any atom is -0.495 e. The number of nitrogen functional groups attached to an aromatic ring is 1. The van der Waals surface area contributed by atoms with Gasteiger partial charge in [-0.1, -0.05) is 29.3 Å². The first kappa shape index (κ1) is 12.9. The number of anilines is 3. The third-order valence-electron chi connectivity index (χ3n) is 2.48. The van der Waals surface area contributed by atoms with E-state index < -0.39 is 0 Å². The van der Waals surface area contributed by atoms with Crippen LogP contribution >= 0.6 is 23.2 Å². The lowest BCUT2D eigenvalue weighted by atomic mass is 10.2. The lowest BCUT2D eigenvalue weighted by Crippen LogP contribution is -1.97. The first-order valence-electron chi connectivity index (χ1n) is 5.26. The summed E-state index contributed by atoms with van der Waals surface area (Å²) in [5, 5.41) is 4.20. The lowest BCUT2D eigenvalue weighted by Gasteiger charge is -2.11. The van der Waals surface area contributed by atoms with Crippen LogP contribution in [0.25, 0.3) is 0 Å². The van der Waals surface area contributed by atoms with Crippen LogP contribution in [0.5, 0.6) is 5.75 Å². The largest absolute Gasteiger partial charge is 0.495 e. The van der Waals surface area contributed by atoms with Crippen molar-refractivity contribution in [3.05, 3.63) is 46.4 Å². The average molecular weight is 283 g/mol. The van der Waals surface area contributed by atoms with Gasteiger partial charge in [0.05, 0.1) is 28.5 Å². The molecule has 18 heavy (non-hydrogen) atoms. The van der Waals surface area contributed by atoms with E-state index in [-0.39, 0.29) is 0 Å². The van der Waals surface area contributed by atoms with Gasteiger partial charge in [0, 0.05) is 5.69 Å². The van der Waals surface area contributed by atoms with Gasteiger partial charge in [0.15, 0.2) is 0 Å². The van der Waals surface area contributed by atoms with E-state index in [1.165, 1.54) is 0 Å². The quantitative estimate of drug-likeness (QED) is 0.824. The van der Waals surface area contributed by atoms with Crippen LogP contribution in [-0.2, 0) is 0 Å². The highest BCUT2D eigenvalue weighted by atomic mass is 35.5. The van der Waals surface area contributed by atoms with Crippen molar-refractivity contribution in [2.24, 2.45) is 0 Å². The molecule has 5 heteroatoms. The van der Waals surface area contributed by atoms with Crippen molar-refractivity contribution >= 4 is 40.3 Å². The van der Waals surface area contributed by atoms with E-state index >= 15 is 0 Å². The van der Waals surface area contributed by atoms with Gasteiger partial charge >= 0.3 is 0 Å². The summed E-state index contributed by atoms with van der Waals surface area (Å²) < 4.78 is 5.09. The smallest absolute Gasteiger partial charge is 0.137 e. The van der Waals surface area contributed by atoms with Gasteiger partial charge in [-0.15, -0.1) is 0 Å². The van der Waals surface area contributed by atoms with Crippen molar-refractivity contribution in [2.75, 3.05) is 18.2 Å². The second-order valence-electron chi connectivity index (χ2n) is 3.68. The fourth-order valence-corrected chi connectivity index (χ4v) is 1.98. The van der Waals surface area contributed by atoms with Crippen LogP contribution < -0.4 is 15.8 Å². The Morgan fingerprint density at radius 3 is 2.56 bits per heavy atom. The molecule has 3 N–H and O–H groups in total. The summed E-state index contributed by atoms with van der Waals surface area (Å²) in [4.78, 5) is 0. The summed E-state index contributed by atoms with van der Waals surface area (Å²) in [7, 11) is 1.57. The number of ether oxygens (including phenoxy) is 1. The maximum absolute atomic E-state index is 6.04. The number of nitrogens with one attached hydrogen (secondary N) is 1. The van der Waals surface area contributed by atoms with Gasteiger partial charge in [0.1, 0.15) is 5.75 Å². The number of halogens is 2. The monoisotopic (exact) mass is 282 g/mol. The van der Waals surface area contributed by atoms with E-state index in [1.807, 2.05) is 18.2 Å². The van der Waals surface area contributed by atoms with Crippen molar-refractivity contribution in [1.29, 1.82) is 0 Å². The van der Waals surface area contributed by atoms with Crippen molar-refractivity contribution in [1.82, 2.24) is 0 Å². The van der Waals surface area contributed by atoms with Crippen LogP contribution in [0.1, 0.15) is 0 Å². The minimum absolute atomic E-state index is 0.506. The van der Waals surface area contributed by atoms with E-state index in [1.54, 1.807) is 25.3 Å². The first-order valence-corrected chi connectivity index (χ1v) is 6.02. The zero-order valence-electron chi connectivity index (χ0n) is 9.71. The summed E-state index contributed by atoms with van der Waals surface area (Å²) in [5.74, 6) is 0.626. The number of rotatable bonds is 3. The minimum atomic E-state index is 0.506. The van der Waals surface area contributed by atoms with Crippen LogP contribution in [-0.4, -0.2) is 7.11 Å². The second-order valence-corrected chi connectivity index (χ2v) is 4.49. The number of benzene rings is 2. The summed E-state index contributed by atoms with van der Waals surface area (Å²) in [6.07, 6.45) is 0. The maximum Gasteiger partial charge on any atom is 0.137 e. The van der Waals surface area contributed by atoms with Crippen molar-refractivity contribution in [2.45, 2.75) is 0 Å². The Labute approximate surface area is 115 Å². The van der Waals surface area contributed by atoms with E-state index in [0.29, 0.717) is 21.5 Å². The molecule has 2 rings (SSSR count). The molecule has 0 saturated carbocycles. The number of methoxy groups -OCH3 is 1. The van der Waals surface area contributed by atoms with Gasteiger partial charge in [-0.3, -0.25) is 0 Å². The zero-order valence-corrected chi connectivity index (χ0v) is 11.2. The fraction of sp³-hybridized carbons (Fsp3) is 0.0769. The summed E-state index contributed by atoms with van der Waals surface area (Å²) in [6.45, 7) is 0. The molecule has 2 aromatic carbocycles. The van der Waals surface area contributed by atoms with Gasteiger partial charge < -0.3 is 15.8 Å². The molecule has 0 aliphatic rings. The average Bonchev–Trinajstić information content (AvgIpc) is 2.35. The highest BCUT2D eigenvalue weighted by Crippen LogP contribution is 2.32. The van der Waals surface area contributed by atoms with Crippen LogP contribution in [0.4, 0.5) is 17.1 Å². The predicted octanol–water partition coefficient (Wildman–Crippen LogP) is 4.33. The molecule has 2 aromatic rings. The Hall–Kier alpha value is -1.58. The molecule has 0 fully saturated rings. The number of hydrogen-bond donors (Lipinski definition) is 2. The summed E-state index contributed by atoms with van der Waals surface area (Å²) >= 11 is 12.0. The highest BCUT2D eigenvalue weighted by molar-refractivity contribution is 6.34. The molecule has 0 bridgehead atoms. The normalized spacial score (nSPS) is 10.2. The van der Waals surface area contributed by atoms with Gasteiger partial charge in [-0.25, -0.2) is 0 Å². The molecule has 0 atom stereocenters. The third-order valence-corrected chi connectivity index (χ3v) is 3.11. The van der Waals surface area contributed by atoms with Crippen molar-refractivity contribution < 1.29 is 4.74 Å². The van der Waals surface area contributed by atoms with E-state index in [2.05, 4.69) is 5.32 Å². The molecular weight excluding hydrogens is 271 g/mol. The van der Waals surface area contributed by atoms with Gasteiger partial charge in [0.25, 0.3) is 0 Å². The van der Waals surface area contributed by atoms with E-state index in [9.17, 15) is 0 Å². The van der Waals surface area contributed by atoms with Crippen molar-refractivity contribution in [3.63, 3.8) is 0 Å². The molecular formula is C13H12Cl2N2O. The van der Waals surface area contributed by atoms with Crippen LogP contribution in [0.3, 0.4) is 0 Å². The van der Waals surface area contributed by atoms with Gasteiger partial charge in [-0.05, 0) is 30.3 Å². The van der Waals surface area contributed by atoms with E-state index in [0.717, 1.165) is 11.4 Å². The molecule has 0 radical (unpaired) electrons. The molecule has 94 valence electrons. The zero-order chi connectivity index (χ0) is 13.1. The summed E-state index contributed by atoms with van der Waals surface area (Å²) in [6, 6.07) is 10.8. The predicted molar refractivity (Wildman–Crippen MR) is 77.2 cm³/mol. The molecule has 0 amide bonds. The van der Waals surface area contributed by atoms with E-state index in [4.69, 9.17) is 33.7 Å². The fourth-order valence-electron chi connectivity index (χ4n) is 1.55. The summed E-state index contributed by atoms with van der Waals surface area (Å²) in [5.41, 5.74) is 7.93. The molecule has 0 spiro atoms.